The van der Waals surface area contributed by atoms with Gasteiger partial charge >= 0.3 is 0 Å². The molecule has 0 bridgehead atoms. The van der Waals surface area contributed by atoms with Crippen molar-refractivity contribution in [1.82, 2.24) is 4.90 Å². The highest BCUT2D eigenvalue weighted by molar-refractivity contribution is 7.92. The lowest BCUT2D eigenvalue weighted by Crippen LogP contribution is -2.27. The van der Waals surface area contributed by atoms with Crippen LogP contribution < -0.4 is 4.31 Å². The molecule has 2 aromatic carbocycles. The van der Waals surface area contributed by atoms with Gasteiger partial charge in [0, 0.05) is 24.5 Å². The highest BCUT2D eigenvalue weighted by Gasteiger charge is 2.22. The predicted molar refractivity (Wildman–Crippen MR) is 113 cm³/mol. The fraction of sp³-hybridized carbons (Fsp3) is 0.190. The van der Waals surface area contributed by atoms with Crippen LogP contribution in [0.2, 0.25) is 0 Å². The maximum atomic E-state index is 12.8. The third kappa shape index (κ3) is 4.10. The van der Waals surface area contributed by atoms with Gasteiger partial charge in [-0.05, 0) is 60.3 Å². The van der Waals surface area contributed by atoms with Gasteiger partial charge in [-0.15, -0.1) is 11.3 Å². The van der Waals surface area contributed by atoms with Crippen LogP contribution in [0.5, 0.6) is 0 Å². The lowest BCUT2D eigenvalue weighted by molar-refractivity contribution is 0.0786. The maximum Gasteiger partial charge on any atom is 0.264 e. The topological polar surface area (TPSA) is 57.7 Å². The fourth-order valence-corrected chi connectivity index (χ4v) is 4.93. The summed E-state index contributed by atoms with van der Waals surface area (Å²) in [5.41, 5.74) is 2.20. The molecule has 0 atom stereocenters. The van der Waals surface area contributed by atoms with E-state index in [0.29, 0.717) is 17.8 Å². The van der Waals surface area contributed by atoms with Gasteiger partial charge in [0.2, 0.25) is 0 Å². The van der Waals surface area contributed by atoms with Gasteiger partial charge in [-0.1, -0.05) is 18.2 Å². The van der Waals surface area contributed by atoms with Crippen LogP contribution in [0, 0.1) is 6.92 Å². The Morgan fingerprint density at radius 2 is 1.61 bits per heavy atom. The minimum atomic E-state index is -3.69. The summed E-state index contributed by atoms with van der Waals surface area (Å²) in [6, 6.07) is 17.0. The van der Waals surface area contributed by atoms with Crippen molar-refractivity contribution in [3.63, 3.8) is 0 Å². The quantitative estimate of drug-likeness (QED) is 0.609. The third-order valence-electron chi connectivity index (χ3n) is 4.58. The molecule has 28 heavy (non-hydrogen) atoms. The molecule has 0 fully saturated rings. The van der Waals surface area contributed by atoms with Gasteiger partial charge in [0.05, 0.1) is 17.1 Å². The maximum absolute atomic E-state index is 12.8. The molecule has 0 saturated heterocycles. The number of thiophene rings is 1. The van der Waals surface area contributed by atoms with Gasteiger partial charge in [0.1, 0.15) is 0 Å². The molecule has 3 aromatic rings. The normalized spacial score (nSPS) is 11.2. The van der Waals surface area contributed by atoms with E-state index in [2.05, 4.69) is 0 Å². The number of para-hydroxylation sites is 1. The van der Waals surface area contributed by atoms with Crippen molar-refractivity contribution in [3.05, 3.63) is 82.0 Å². The van der Waals surface area contributed by atoms with Crippen LogP contribution in [0.15, 0.2) is 70.9 Å². The van der Waals surface area contributed by atoms with Gasteiger partial charge in [-0.3, -0.25) is 9.10 Å². The standard InChI is InChI=1S/C21H22N2O3S2/c1-16-13-14-27-20(16)15-22(2)21(24)17-9-11-19(12-10-17)28(25,26)23(3)18-7-5-4-6-8-18/h4-14H,15H2,1-3H3. The van der Waals surface area contributed by atoms with Crippen molar-refractivity contribution < 1.29 is 13.2 Å². The Balaban J connectivity index is 1.77. The summed E-state index contributed by atoms with van der Waals surface area (Å²) in [5.74, 6) is -0.145. The number of amides is 1. The van der Waals surface area contributed by atoms with Gasteiger partial charge in [-0.25, -0.2) is 8.42 Å². The number of rotatable bonds is 6. The Bertz CT molecular complexity index is 1060. The summed E-state index contributed by atoms with van der Waals surface area (Å²) in [5, 5.41) is 2.01. The lowest BCUT2D eigenvalue weighted by Gasteiger charge is -2.20. The first-order valence-electron chi connectivity index (χ1n) is 8.73. The van der Waals surface area contributed by atoms with Crippen molar-refractivity contribution in [2.24, 2.45) is 0 Å². The smallest absolute Gasteiger partial charge is 0.264 e. The van der Waals surface area contributed by atoms with E-state index in [1.165, 1.54) is 23.5 Å². The van der Waals surface area contributed by atoms with Crippen LogP contribution in [0.4, 0.5) is 5.69 Å². The van der Waals surface area contributed by atoms with Crippen LogP contribution in [0.3, 0.4) is 0 Å². The largest absolute Gasteiger partial charge is 0.337 e. The number of anilines is 1. The molecule has 0 radical (unpaired) electrons. The van der Waals surface area contributed by atoms with E-state index in [1.54, 1.807) is 59.7 Å². The molecule has 0 unspecified atom stereocenters. The molecule has 0 spiro atoms. The Labute approximate surface area is 169 Å². The minimum Gasteiger partial charge on any atom is -0.337 e. The summed E-state index contributed by atoms with van der Waals surface area (Å²) >= 11 is 1.62. The summed E-state index contributed by atoms with van der Waals surface area (Å²) in [4.78, 5) is 15.6. The molecule has 1 aromatic heterocycles. The van der Waals surface area contributed by atoms with E-state index in [0.717, 1.165) is 10.4 Å². The first kappa shape index (κ1) is 20.1. The van der Waals surface area contributed by atoms with Crippen molar-refractivity contribution >= 4 is 33.0 Å². The number of carbonyl (C=O) groups excluding carboxylic acids is 1. The highest BCUT2D eigenvalue weighted by Crippen LogP contribution is 2.23. The molecular weight excluding hydrogens is 392 g/mol. The SMILES string of the molecule is Cc1ccsc1CN(C)C(=O)c1ccc(S(=O)(=O)N(C)c2ccccc2)cc1. The first-order valence-corrected chi connectivity index (χ1v) is 11.0. The van der Waals surface area contributed by atoms with Gasteiger partial charge in [0.15, 0.2) is 0 Å². The molecule has 1 amide bonds. The molecule has 0 aliphatic rings. The van der Waals surface area contributed by atoms with Crippen LogP contribution in [0.1, 0.15) is 20.8 Å². The Kier molecular flexibility index (Phi) is 5.86. The first-order chi connectivity index (χ1) is 13.3. The van der Waals surface area contributed by atoms with Gasteiger partial charge < -0.3 is 4.90 Å². The zero-order valence-electron chi connectivity index (χ0n) is 16.0. The number of hydrogen-bond acceptors (Lipinski definition) is 4. The zero-order valence-corrected chi connectivity index (χ0v) is 17.6. The summed E-state index contributed by atoms with van der Waals surface area (Å²) < 4.78 is 26.9. The number of carbonyl (C=O) groups is 1. The molecule has 146 valence electrons. The molecule has 1 heterocycles. The van der Waals surface area contributed by atoms with Crippen LogP contribution in [0.25, 0.3) is 0 Å². The Morgan fingerprint density at radius 1 is 0.964 bits per heavy atom. The molecule has 0 aliphatic carbocycles. The van der Waals surface area contributed by atoms with E-state index >= 15 is 0 Å². The number of sulfonamides is 1. The number of hydrogen-bond donors (Lipinski definition) is 0. The van der Waals surface area contributed by atoms with Crippen molar-refractivity contribution in [1.29, 1.82) is 0 Å². The molecule has 5 nitrogen and oxygen atoms in total. The summed E-state index contributed by atoms with van der Waals surface area (Å²) in [7, 11) is -0.431. The van der Waals surface area contributed by atoms with Crippen molar-refractivity contribution in [3.8, 4) is 0 Å². The average molecular weight is 415 g/mol. The molecule has 3 rings (SSSR count). The fourth-order valence-electron chi connectivity index (χ4n) is 2.78. The van der Waals surface area contributed by atoms with E-state index in [-0.39, 0.29) is 10.8 Å². The third-order valence-corrected chi connectivity index (χ3v) is 7.38. The van der Waals surface area contributed by atoms with Crippen molar-refractivity contribution in [2.45, 2.75) is 18.4 Å². The summed E-state index contributed by atoms with van der Waals surface area (Å²) in [6.45, 7) is 2.55. The minimum absolute atomic E-state index is 0.145. The predicted octanol–water partition coefficient (Wildman–Crippen LogP) is 4.15. The monoisotopic (exact) mass is 414 g/mol. The second-order valence-corrected chi connectivity index (χ2v) is 9.49. The van der Waals surface area contributed by atoms with Crippen LogP contribution in [-0.2, 0) is 16.6 Å². The number of nitrogens with zero attached hydrogens (tertiary/aromatic N) is 2. The zero-order chi connectivity index (χ0) is 20.3. The summed E-state index contributed by atoms with van der Waals surface area (Å²) in [6.07, 6.45) is 0. The van der Waals surface area contributed by atoms with Crippen LogP contribution >= 0.6 is 11.3 Å². The molecule has 7 heteroatoms. The van der Waals surface area contributed by atoms with Gasteiger partial charge in [0.25, 0.3) is 15.9 Å². The van der Waals surface area contributed by atoms with E-state index in [4.69, 9.17) is 0 Å². The van der Waals surface area contributed by atoms with E-state index in [1.807, 2.05) is 24.4 Å². The second kappa shape index (κ2) is 8.16. The molecule has 0 N–H and O–H groups in total. The molecule has 0 aliphatic heterocycles. The lowest BCUT2D eigenvalue weighted by atomic mass is 10.2. The number of aryl methyl sites for hydroxylation is 1. The Morgan fingerprint density at radius 3 is 2.18 bits per heavy atom. The Hall–Kier alpha value is -2.64. The van der Waals surface area contributed by atoms with E-state index < -0.39 is 10.0 Å². The highest BCUT2D eigenvalue weighted by atomic mass is 32.2. The second-order valence-electron chi connectivity index (χ2n) is 6.52. The molecule has 0 saturated carbocycles. The molecular formula is C21H22N2O3S2. The van der Waals surface area contributed by atoms with Crippen molar-refractivity contribution in [2.75, 3.05) is 18.4 Å². The van der Waals surface area contributed by atoms with Crippen LogP contribution in [-0.4, -0.2) is 33.3 Å². The van der Waals surface area contributed by atoms with Gasteiger partial charge in [-0.2, -0.15) is 0 Å². The average Bonchev–Trinajstić information content (AvgIpc) is 3.12. The van der Waals surface area contributed by atoms with E-state index in [9.17, 15) is 13.2 Å². The number of benzene rings is 2.